The molecule has 0 fully saturated rings. The molecule has 0 saturated carbocycles. The van der Waals surface area contributed by atoms with Gasteiger partial charge in [0.1, 0.15) is 5.75 Å². The lowest BCUT2D eigenvalue weighted by Crippen LogP contribution is -2.12. The van der Waals surface area contributed by atoms with Crippen LogP contribution in [-0.2, 0) is 0 Å². The minimum absolute atomic E-state index is 0.164. The van der Waals surface area contributed by atoms with Crippen LogP contribution in [0, 0.1) is 0 Å². The lowest BCUT2D eigenvalue weighted by Gasteiger charge is -2.09. The average molecular weight is 379 g/mol. The molecule has 0 atom stereocenters. The Bertz CT molecular complexity index is 917. The molecule has 1 heterocycles. The van der Waals surface area contributed by atoms with E-state index in [1.807, 2.05) is 50.2 Å². The second-order valence-corrected chi connectivity index (χ2v) is 6.84. The number of nitrogens with zero attached hydrogens (tertiary/aromatic N) is 2. The molecule has 0 spiro atoms. The average Bonchev–Trinajstić information content (AvgIpc) is 3.19. The van der Waals surface area contributed by atoms with Crippen molar-refractivity contribution in [3.8, 4) is 17.2 Å². The van der Waals surface area contributed by atoms with Gasteiger partial charge >= 0.3 is 0 Å². The van der Waals surface area contributed by atoms with E-state index in [2.05, 4.69) is 22.4 Å². The summed E-state index contributed by atoms with van der Waals surface area (Å²) in [5.74, 6) is 1.74. The molecule has 146 valence electrons. The SMILES string of the molecule is CCCCOc1ccc(C(=O)Nc2ccccc2-c2nc(C(C)C)no2)cc1. The van der Waals surface area contributed by atoms with E-state index in [-0.39, 0.29) is 11.8 Å². The van der Waals surface area contributed by atoms with Crippen LogP contribution in [0.2, 0.25) is 0 Å². The van der Waals surface area contributed by atoms with Crippen molar-refractivity contribution >= 4 is 11.6 Å². The Morgan fingerprint density at radius 3 is 2.57 bits per heavy atom. The van der Waals surface area contributed by atoms with Crippen molar-refractivity contribution in [2.24, 2.45) is 0 Å². The number of para-hydroxylation sites is 1. The number of nitrogens with one attached hydrogen (secondary N) is 1. The predicted molar refractivity (Wildman–Crippen MR) is 109 cm³/mol. The molecule has 6 heteroatoms. The standard InChI is InChI=1S/C22H25N3O3/c1-4-5-14-27-17-12-10-16(11-13-17)21(26)23-19-9-7-6-8-18(19)22-24-20(15(2)3)25-28-22/h6-13,15H,4-5,14H2,1-3H3,(H,23,26). The Labute approximate surface area is 164 Å². The molecule has 1 N–H and O–H groups in total. The monoisotopic (exact) mass is 379 g/mol. The fourth-order valence-electron chi connectivity index (χ4n) is 2.59. The summed E-state index contributed by atoms with van der Waals surface area (Å²) in [5, 5.41) is 6.93. The molecular weight excluding hydrogens is 354 g/mol. The molecule has 0 saturated heterocycles. The number of ether oxygens (including phenoxy) is 1. The minimum atomic E-state index is -0.212. The predicted octanol–water partition coefficient (Wildman–Crippen LogP) is 5.29. The number of unbranched alkanes of at least 4 members (excludes halogenated alkanes) is 1. The van der Waals surface area contributed by atoms with E-state index in [1.165, 1.54) is 0 Å². The van der Waals surface area contributed by atoms with Crippen molar-refractivity contribution in [3.63, 3.8) is 0 Å². The van der Waals surface area contributed by atoms with E-state index in [4.69, 9.17) is 9.26 Å². The van der Waals surface area contributed by atoms with E-state index in [0.29, 0.717) is 35.1 Å². The van der Waals surface area contributed by atoms with Gasteiger partial charge in [-0.25, -0.2) is 0 Å². The Kier molecular flexibility index (Phi) is 6.42. The van der Waals surface area contributed by atoms with Gasteiger partial charge in [0.25, 0.3) is 11.8 Å². The largest absolute Gasteiger partial charge is 0.494 e. The summed E-state index contributed by atoms with van der Waals surface area (Å²) in [6, 6.07) is 14.5. The Morgan fingerprint density at radius 2 is 1.89 bits per heavy atom. The van der Waals surface area contributed by atoms with Crippen LogP contribution in [0.25, 0.3) is 11.5 Å². The minimum Gasteiger partial charge on any atom is -0.494 e. The van der Waals surface area contributed by atoms with Crippen molar-refractivity contribution < 1.29 is 14.1 Å². The molecule has 0 bridgehead atoms. The lowest BCUT2D eigenvalue weighted by atomic mass is 10.1. The Hall–Kier alpha value is -3.15. The number of carbonyl (C=O) groups excluding carboxylic acids is 1. The zero-order valence-electron chi connectivity index (χ0n) is 16.4. The summed E-state index contributed by atoms with van der Waals surface area (Å²) < 4.78 is 11.0. The molecule has 28 heavy (non-hydrogen) atoms. The van der Waals surface area contributed by atoms with Crippen LogP contribution in [0.4, 0.5) is 5.69 Å². The van der Waals surface area contributed by atoms with Gasteiger partial charge < -0.3 is 14.6 Å². The summed E-state index contributed by atoms with van der Waals surface area (Å²) >= 11 is 0. The highest BCUT2D eigenvalue weighted by molar-refractivity contribution is 6.06. The third kappa shape index (κ3) is 4.76. The van der Waals surface area contributed by atoms with Crippen LogP contribution in [0.5, 0.6) is 5.75 Å². The van der Waals surface area contributed by atoms with Crippen LogP contribution in [0.3, 0.4) is 0 Å². The maximum Gasteiger partial charge on any atom is 0.260 e. The number of benzene rings is 2. The number of anilines is 1. The van der Waals surface area contributed by atoms with Crippen LogP contribution < -0.4 is 10.1 Å². The fourth-order valence-corrected chi connectivity index (χ4v) is 2.59. The van der Waals surface area contributed by atoms with Gasteiger partial charge in [0, 0.05) is 11.5 Å². The lowest BCUT2D eigenvalue weighted by molar-refractivity contribution is 0.102. The quantitative estimate of drug-likeness (QED) is 0.538. The van der Waals surface area contributed by atoms with E-state index in [9.17, 15) is 4.79 Å². The molecule has 6 nitrogen and oxygen atoms in total. The summed E-state index contributed by atoms with van der Waals surface area (Å²) in [6.45, 7) is 6.79. The molecular formula is C22H25N3O3. The molecule has 1 amide bonds. The van der Waals surface area contributed by atoms with Gasteiger partial charge in [-0.2, -0.15) is 4.98 Å². The molecule has 3 aromatic rings. The van der Waals surface area contributed by atoms with Gasteiger partial charge in [-0.05, 0) is 42.8 Å². The summed E-state index contributed by atoms with van der Waals surface area (Å²) in [4.78, 5) is 17.1. The van der Waals surface area contributed by atoms with Crippen LogP contribution in [0.15, 0.2) is 53.1 Å². The first kappa shape index (κ1) is 19.6. The van der Waals surface area contributed by atoms with Crippen molar-refractivity contribution in [2.75, 3.05) is 11.9 Å². The highest BCUT2D eigenvalue weighted by Crippen LogP contribution is 2.28. The highest BCUT2D eigenvalue weighted by Gasteiger charge is 2.16. The van der Waals surface area contributed by atoms with E-state index in [1.54, 1.807) is 12.1 Å². The number of carbonyl (C=O) groups is 1. The van der Waals surface area contributed by atoms with E-state index < -0.39 is 0 Å². The van der Waals surface area contributed by atoms with Crippen molar-refractivity contribution in [1.82, 2.24) is 10.1 Å². The first-order valence-corrected chi connectivity index (χ1v) is 9.55. The number of aromatic nitrogens is 2. The van der Waals surface area contributed by atoms with Crippen molar-refractivity contribution in [2.45, 2.75) is 39.5 Å². The maximum atomic E-state index is 12.7. The van der Waals surface area contributed by atoms with Crippen molar-refractivity contribution in [3.05, 3.63) is 59.9 Å². The van der Waals surface area contributed by atoms with Crippen LogP contribution >= 0.6 is 0 Å². The van der Waals surface area contributed by atoms with E-state index >= 15 is 0 Å². The van der Waals surface area contributed by atoms with Gasteiger partial charge in [0.05, 0.1) is 17.9 Å². The zero-order valence-corrected chi connectivity index (χ0v) is 16.4. The number of rotatable bonds is 8. The third-order valence-corrected chi connectivity index (χ3v) is 4.25. The Morgan fingerprint density at radius 1 is 1.14 bits per heavy atom. The molecule has 1 aromatic heterocycles. The van der Waals surface area contributed by atoms with Crippen LogP contribution in [0.1, 0.15) is 55.7 Å². The number of hydrogen-bond acceptors (Lipinski definition) is 5. The molecule has 3 rings (SSSR count). The van der Waals surface area contributed by atoms with Gasteiger partial charge in [-0.1, -0.05) is 44.5 Å². The van der Waals surface area contributed by atoms with Gasteiger partial charge in [0.2, 0.25) is 0 Å². The summed E-state index contributed by atoms with van der Waals surface area (Å²) in [7, 11) is 0. The second-order valence-electron chi connectivity index (χ2n) is 6.84. The molecule has 0 radical (unpaired) electrons. The first-order valence-electron chi connectivity index (χ1n) is 9.55. The fraction of sp³-hybridized carbons (Fsp3) is 0.318. The molecule has 0 unspecified atom stereocenters. The summed E-state index contributed by atoms with van der Waals surface area (Å²) in [6.07, 6.45) is 2.09. The summed E-state index contributed by atoms with van der Waals surface area (Å²) in [5.41, 5.74) is 1.86. The first-order chi connectivity index (χ1) is 13.6. The molecule has 2 aromatic carbocycles. The van der Waals surface area contributed by atoms with E-state index in [0.717, 1.165) is 18.6 Å². The van der Waals surface area contributed by atoms with Gasteiger partial charge in [-0.3, -0.25) is 4.79 Å². The number of amides is 1. The second kappa shape index (κ2) is 9.17. The third-order valence-electron chi connectivity index (χ3n) is 4.25. The van der Waals surface area contributed by atoms with Crippen molar-refractivity contribution in [1.29, 1.82) is 0 Å². The smallest absolute Gasteiger partial charge is 0.260 e. The van der Waals surface area contributed by atoms with Crippen LogP contribution in [-0.4, -0.2) is 22.7 Å². The number of hydrogen-bond donors (Lipinski definition) is 1. The molecule has 0 aliphatic rings. The highest BCUT2D eigenvalue weighted by atomic mass is 16.5. The topological polar surface area (TPSA) is 77.2 Å². The molecule has 0 aliphatic carbocycles. The maximum absolute atomic E-state index is 12.7. The zero-order chi connectivity index (χ0) is 19.9. The van der Waals surface area contributed by atoms with Gasteiger partial charge in [-0.15, -0.1) is 0 Å². The molecule has 0 aliphatic heterocycles. The Balaban J connectivity index is 1.74. The normalized spacial score (nSPS) is 10.9. The van der Waals surface area contributed by atoms with Gasteiger partial charge in [0.15, 0.2) is 5.82 Å².